The summed E-state index contributed by atoms with van der Waals surface area (Å²) in [7, 11) is 1.33. The fourth-order valence-electron chi connectivity index (χ4n) is 6.10. The molecule has 0 saturated heterocycles. The van der Waals surface area contributed by atoms with E-state index in [0.29, 0.717) is 24.1 Å². The van der Waals surface area contributed by atoms with E-state index in [1.165, 1.54) is 83.5 Å². The Hall–Kier alpha value is -1.80. The van der Waals surface area contributed by atoms with Gasteiger partial charge < -0.3 is 27.9 Å². The van der Waals surface area contributed by atoms with Crippen molar-refractivity contribution in [1.29, 1.82) is 0 Å². The van der Waals surface area contributed by atoms with Crippen LogP contribution in [0.4, 0.5) is 0 Å². The van der Waals surface area contributed by atoms with E-state index in [1.54, 1.807) is 0 Å². The average Bonchev–Trinajstić information content (AvgIpc) is 3.18. The SMILES string of the molecule is CCCC/C=C\C/C=C\CCCCCCCC(=O)OC(COCCCCCCCCC/C=C\C/C=C\C/C=C\CCCCCCC)COP(=O)([O-])OCC[N+](C)(C)C. The largest absolute Gasteiger partial charge is 0.756 e. The van der Waals surface area contributed by atoms with Gasteiger partial charge in [0.2, 0.25) is 0 Å². The van der Waals surface area contributed by atoms with Crippen molar-refractivity contribution < 1.29 is 37.3 Å². The van der Waals surface area contributed by atoms with E-state index in [2.05, 4.69) is 74.6 Å². The van der Waals surface area contributed by atoms with Gasteiger partial charge in [-0.15, -0.1) is 0 Å². The first-order valence-electron chi connectivity index (χ1n) is 23.5. The highest BCUT2D eigenvalue weighted by atomic mass is 31.2. The minimum absolute atomic E-state index is 0.0185. The standard InChI is InChI=1S/C49H90NO7P/c1-6-8-10-12-14-16-18-20-22-23-24-25-26-27-28-29-31-33-35-37-39-41-44-54-46-48(47-56-58(52,53)55-45-43-50(3,4)5)57-49(51)42-40-38-36-34-32-30-21-19-17-15-13-11-9-7-2/h13,15,18-21,23-24,26-27,48H,6-12,14,16-17,22,25,28-47H2,1-5H3/b15-13-,20-18-,21-19-,24-23-,27-26-. The van der Waals surface area contributed by atoms with Crippen molar-refractivity contribution in [1.82, 2.24) is 0 Å². The number of carbonyl (C=O) groups excluding carboxylic acids is 1. The zero-order chi connectivity index (χ0) is 42.7. The number of hydrogen-bond acceptors (Lipinski definition) is 7. The van der Waals surface area contributed by atoms with Gasteiger partial charge in [-0.3, -0.25) is 9.36 Å². The highest BCUT2D eigenvalue weighted by Crippen LogP contribution is 2.38. The Morgan fingerprint density at radius 3 is 1.47 bits per heavy atom. The summed E-state index contributed by atoms with van der Waals surface area (Å²) in [6.45, 7) is 5.31. The van der Waals surface area contributed by atoms with Crippen LogP contribution in [-0.4, -0.2) is 70.7 Å². The minimum atomic E-state index is -4.54. The Morgan fingerprint density at radius 1 is 0.534 bits per heavy atom. The van der Waals surface area contributed by atoms with E-state index in [-0.39, 0.29) is 25.8 Å². The lowest BCUT2D eigenvalue weighted by atomic mass is 10.1. The van der Waals surface area contributed by atoms with Gasteiger partial charge in [-0.25, -0.2) is 0 Å². The number of unbranched alkanes of at least 4 members (excludes halogenated alkanes) is 19. The summed E-state index contributed by atoms with van der Waals surface area (Å²) in [5.74, 6) is -0.354. The Balaban J connectivity index is 4.22. The van der Waals surface area contributed by atoms with Crippen molar-refractivity contribution in [2.75, 3.05) is 54.1 Å². The number of allylic oxidation sites excluding steroid dienone is 10. The van der Waals surface area contributed by atoms with Crippen LogP contribution in [0.3, 0.4) is 0 Å². The van der Waals surface area contributed by atoms with Gasteiger partial charge in [-0.2, -0.15) is 0 Å². The molecule has 0 heterocycles. The maximum atomic E-state index is 12.7. The number of esters is 1. The topological polar surface area (TPSA) is 94.1 Å². The molecule has 0 aliphatic heterocycles. The second-order valence-electron chi connectivity index (χ2n) is 16.8. The lowest BCUT2D eigenvalue weighted by Crippen LogP contribution is -2.37. The smallest absolute Gasteiger partial charge is 0.306 e. The van der Waals surface area contributed by atoms with Gasteiger partial charge in [0.15, 0.2) is 0 Å². The molecule has 0 aromatic heterocycles. The van der Waals surface area contributed by atoms with E-state index < -0.39 is 13.9 Å². The molecular formula is C49H90NO7P. The zero-order valence-corrected chi connectivity index (χ0v) is 39.1. The van der Waals surface area contributed by atoms with Gasteiger partial charge >= 0.3 is 5.97 Å². The summed E-state index contributed by atoms with van der Waals surface area (Å²) < 4.78 is 34.6. The molecule has 2 atom stereocenters. The molecule has 58 heavy (non-hydrogen) atoms. The number of phosphoric ester groups is 1. The predicted molar refractivity (Wildman–Crippen MR) is 245 cm³/mol. The summed E-state index contributed by atoms with van der Waals surface area (Å²) in [5.41, 5.74) is 0. The number of likely N-dealkylation sites (N-methyl/N-ethyl adjacent to an activating group) is 1. The second kappa shape index (κ2) is 41.9. The third kappa shape index (κ3) is 45.3. The summed E-state index contributed by atoms with van der Waals surface area (Å²) in [5, 5.41) is 0. The molecule has 2 unspecified atom stereocenters. The van der Waals surface area contributed by atoms with E-state index in [4.69, 9.17) is 18.5 Å². The highest BCUT2D eigenvalue weighted by Gasteiger charge is 2.20. The molecule has 0 N–H and O–H groups in total. The van der Waals surface area contributed by atoms with Crippen molar-refractivity contribution in [3.63, 3.8) is 0 Å². The monoisotopic (exact) mass is 836 g/mol. The molecule has 0 rings (SSSR count). The molecule has 9 heteroatoms. The van der Waals surface area contributed by atoms with Crippen LogP contribution >= 0.6 is 7.82 Å². The zero-order valence-electron chi connectivity index (χ0n) is 38.2. The van der Waals surface area contributed by atoms with E-state index in [0.717, 1.165) is 83.5 Å². The molecule has 338 valence electrons. The lowest BCUT2D eigenvalue weighted by molar-refractivity contribution is -0.870. The van der Waals surface area contributed by atoms with Crippen molar-refractivity contribution in [2.45, 2.75) is 193 Å². The maximum absolute atomic E-state index is 12.7. The quantitative estimate of drug-likeness (QED) is 0.0198. The predicted octanol–water partition coefficient (Wildman–Crippen LogP) is 13.5. The first-order valence-corrected chi connectivity index (χ1v) is 25.0. The Labute approximate surface area is 358 Å². The Kier molecular flexibility index (Phi) is 40.6. The summed E-state index contributed by atoms with van der Waals surface area (Å²) in [6, 6.07) is 0. The number of carbonyl (C=O) groups is 1. The minimum Gasteiger partial charge on any atom is -0.756 e. The van der Waals surface area contributed by atoms with Crippen LogP contribution in [0, 0.1) is 0 Å². The van der Waals surface area contributed by atoms with Gasteiger partial charge in [0, 0.05) is 13.0 Å². The second-order valence-corrected chi connectivity index (χ2v) is 18.2. The number of ether oxygens (including phenoxy) is 2. The van der Waals surface area contributed by atoms with Crippen LogP contribution in [0.5, 0.6) is 0 Å². The number of nitrogens with zero attached hydrogens (tertiary/aromatic N) is 1. The lowest BCUT2D eigenvalue weighted by Gasteiger charge is -2.28. The first-order chi connectivity index (χ1) is 28.1. The first kappa shape index (κ1) is 56.2. The molecule has 8 nitrogen and oxygen atoms in total. The van der Waals surface area contributed by atoms with E-state index in [9.17, 15) is 14.3 Å². The summed E-state index contributed by atoms with van der Waals surface area (Å²) >= 11 is 0. The van der Waals surface area contributed by atoms with Gasteiger partial charge in [0.25, 0.3) is 7.82 Å². The fraction of sp³-hybridized carbons (Fsp3) is 0.776. The van der Waals surface area contributed by atoms with Crippen LogP contribution in [0.2, 0.25) is 0 Å². The Bertz CT molecular complexity index is 1110. The van der Waals surface area contributed by atoms with E-state index in [1.807, 2.05) is 21.1 Å². The molecular weight excluding hydrogens is 746 g/mol. The molecule has 0 aliphatic carbocycles. The van der Waals surface area contributed by atoms with Gasteiger partial charge in [0.05, 0.1) is 34.4 Å². The third-order valence-electron chi connectivity index (χ3n) is 9.79. The number of phosphoric acid groups is 1. The molecule has 0 aromatic carbocycles. The van der Waals surface area contributed by atoms with E-state index >= 15 is 0 Å². The number of quaternary nitrogens is 1. The maximum Gasteiger partial charge on any atom is 0.306 e. The fourth-order valence-corrected chi connectivity index (χ4v) is 6.83. The molecule has 0 spiro atoms. The molecule has 0 fully saturated rings. The molecule has 0 aromatic rings. The molecule has 0 amide bonds. The number of rotatable bonds is 43. The molecule has 0 radical (unpaired) electrons. The summed E-state index contributed by atoms with van der Waals surface area (Å²) in [6.07, 6.45) is 52.3. The normalized spacial score (nSPS) is 14.2. The Morgan fingerprint density at radius 2 is 0.966 bits per heavy atom. The third-order valence-corrected chi connectivity index (χ3v) is 10.8. The van der Waals surface area contributed by atoms with Crippen molar-refractivity contribution in [3.8, 4) is 0 Å². The van der Waals surface area contributed by atoms with Crippen LogP contribution in [-0.2, 0) is 27.9 Å². The summed E-state index contributed by atoms with van der Waals surface area (Å²) in [4.78, 5) is 25.1. The van der Waals surface area contributed by atoms with Crippen LogP contribution < -0.4 is 4.89 Å². The molecule has 0 aliphatic rings. The van der Waals surface area contributed by atoms with Crippen molar-refractivity contribution in [2.24, 2.45) is 0 Å². The van der Waals surface area contributed by atoms with Crippen molar-refractivity contribution in [3.05, 3.63) is 60.8 Å². The van der Waals surface area contributed by atoms with Crippen LogP contribution in [0.15, 0.2) is 60.8 Å². The highest BCUT2D eigenvalue weighted by molar-refractivity contribution is 7.45. The average molecular weight is 836 g/mol. The van der Waals surface area contributed by atoms with Crippen LogP contribution in [0.1, 0.15) is 187 Å². The van der Waals surface area contributed by atoms with Gasteiger partial charge in [-0.05, 0) is 77.0 Å². The van der Waals surface area contributed by atoms with Crippen molar-refractivity contribution >= 4 is 13.8 Å². The van der Waals surface area contributed by atoms with Crippen LogP contribution in [0.25, 0.3) is 0 Å². The van der Waals surface area contributed by atoms with Gasteiger partial charge in [0.1, 0.15) is 19.3 Å². The number of hydrogen-bond donors (Lipinski definition) is 0. The molecule has 0 saturated carbocycles. The molecule has 0 bridgehead atoms. The van der Waals surface area contributed by atoms with Gasteiger partial charge in [-0.1, -0.05) is 164 Å².